The minimum absolute atomic E-state index is 0.152. The van der Waals surface area contributed by atoms with Gasteiger partial charge in [0.2, 0.25) is 5.91 Å². The summed E-state index contributed by atoms with van der Waals surface area (Å²) < 4.78 is 0. The highest BCUT2D eigenvalue weighted by molar-refractivity contribution is 5.76. The summed E-state index contributed by atoms with van der Waals surface area (Å²) >= 11 is 0. The predicted octanol–water partition coefficient (Wildman–Crippen LogP) is 3.87. The Morgan fingerprint density at radius 3 is 2.50 bits per heavy atom. The highest BCUT2D eigenvalue weighted by Crippen LogP contribution is 2.25. The van der Waals surface area contributed by atoms with E-state index in [2.05, 4.69) is 32.3 Å². The Balaban J connectivity index is 1.92. The van der Waals surface area contributed by atoms with Gasteiger partial charge in [-0.15, -0.1) is 0 Å². The number of para-hydroxylation sites is 1. The van der Waals surface area contributed by atoms with Gasteiger partial charge in [0.05, 0.1) is 10.9 Å². The summed E-state index contributed by atoms with van der Waals surface area (Å²) in [6, 6.07) is 7.14. The lowest BCUT2D eigenvalue weighted by atomic mass is 10.1. The molecule has 2 aromatic rings. The topological polar surface area (TPSA) is 69.6 Å². The summed E-state index contributed by atoms with van der Waals surface area (Å²) in [6.45, 7) is 15.4. The average Bonchev–Trinajstić information content (AvgIpc) is 2.83. The number of phenols is 1. The number of benzene rings is 1. The van der Waals surface area contributed by atoms with Crippen molar-refractivity contribution in [2.75, 3.05) is 31.1 Å². The first-order chi connectivity index (χ1) is 16.3. The lowest BCUT2D eigenvalue weighted by Crippen LogP contribution is -2.51. The number of aromatic nitrogens is 2. The Morgan fingerprint density at radius 1 is 1.18 bits per heavy atom. The molecule has 0 aliphatic carbocycles. The molecule has 2 heterocycles. The zero-order valence-corrected chi connectivity index (χ0v) is 21.0. The summed E-state index contributed by atoms with van der Waals surface area (Å²) in [7, 11) is 0. The quantitative estimate of drug-likeness (QED) is 0.645. The average molecular weight is 463 g/mol. The summed E-state index contributed by atoms with van der Waals surface area (Å²) in [6.07, 6.45) is 7.50. The standard InChI is InChI=1S/C28H38N4O2/c1-6-21(5)19-24-22(7-2)28(30-27(29-24)23-12-8-9-13-25(23)33)32-17-15-31(16-18-32)26(34)14-10-11-20(3)4/h7-9,12-13,19-20,33H,5-6,10-11,14-18H2,1-4H3/b22-7+,24-19+. The smallest absolute Gasteiger partial charge is 0.222 e. The van der Waals surface area contributed by atoms with Gasteiger partial charge >= 0.3 is 0 Å². The van der Waals surface area contributed by atoms with E-state index in [1.54, 1.807) is 12.1 Å². The third-order valence-corrected chi connectivity index (χ3v) is 6.29. The van der Waals surface area contributed by atoms with E-state index >= 15 is 0 Å². The number of nitrogens with zero attached hydrogens (tertiary/aromatic N) is 4. The molecule has 1 saturated heterocycles. The molecule has 0 saturated carbocycles. The van der Waals surface area contributed by atoms with Gasteiger partial charge in [0.15, 0.2) is 5.82 Å². The van der Waals surface area contributed by atoms with Crippen LogP contribution in [0.2, 0.25) is 0 Å². The molecule has 1 fully saturated rings. The minimum atomic E-state index is 0.152. The minimum Gasteiger partial charge on any atom is -0.507 e. The van der Waals surface area contributed by atoms with Crippen LogP contribution < -0.4 is 15.5 Å². The molecular formula is C28H38N4O2. The van der Waals surface area contributed by atoms with Crippen LogP contribution in [0.5, 0.6) is 5.75 Å². The van der Waals surface area contributed by atoms with Crippen LogP contribution in [0.15, 0.2) is 36.4 Å². The molecule has 1 aliphatic rings. The Bertz CT molecular complexity index is 1130. The van der Waals surface area contributed by atoms with E-state index in [-0.39, 0.29) is 11.7 Å². The van der Waals surface area contributed by atoms with Crippen LogP contribution in [0.1, 0.15) is 53.4 Å². The second-order valence-corrected chi connectivity index (χ2v) is 9.29. The van der Waals surface area contributed by atoms with Crippen molar-refractivity contribution >= 4 is 23.9 Å². The van der Waals surface area contributed by atoms with Crippen molar-refractivity contribution in [3.05, 3.63) is 47.0 Å². The van der Waals surface area contributed by atoms with Crippen LogP contribution in [0, 0.1) is 5.92 Å². The summed E-state index contributed by atoms with van der Waals surface area (Å²) in [4.78, 5) is 26.6. The molecule has 0 atom stereocenters. The third-order valence-electron chi connectivity index (χ3n) is 6.29. The maximum Gasteiger partial charge on any atom is 0.222 e. The van der Waals surface area contributed by atoms with Gasteiger partial charge in [0, 0.05) is 37.8 Å². The van der Waals surface area contributed by atoms with E-state index in [0.717, 1.165) is 41.2 Å². The number of carbonyl (C=O) groups excluding carboxylic acids is 1. The van der Waals surface area contributed by atoms with Gasteiger partial charge in [-0.2, -0.15) is 0 Å². The molecule has 0 unspecified atom stereocenters. The van der Waals surface area contributed by atoms with Crippen molar-refractivity contribution in [2.24, 2.45) is 5.92 Å². The van der Waals surface area contributed by atoms with E-state index in [0.29, 0.717) is 49.9 Å². The van der Waals surface area contributed by atoms with Gasteiger partial charge in [0.25, 0.3) is 0 Å². The van der Waals surface area contributed by atoms with Crippen molar-refractivity contribution in [3.8, 4) is 17.1 Å². The van der Waals surface area contributed by atoms with Crippen molar-refractivity contribution < 1.29 is 9.90 Å². The van der Waals surface area contributed by atoms with E-state index in [1.807, 2.05) is 36.1 Å². The summed E-state index contributed by atoms with van der Waals surface area (Å²) in [5.74, 6) is 2.34. The zero-order chi connectivity index (χ0) is 24.7. The van der Waals surface area contributed by atoms with Gasteiger partial charge < -0.3 is 14.9 Å². The molecule has 0 radical (unpaired) electrons. The molecule has 0 spiro atoms. The fraction of sp³-hybridized carbons (Fsp3) is 0.464. The maximum atomic E-state index is 12.7. The van der Waals surface area contributed by atoms with Crippen LogP contribution in [0.25, 0.3) is 23.5 Å². The second kappa shape index (κ2) is 11.8. The van der Waals surface area contributed by atoms with Gasteiger partial charge in [-0.3, -0.25) is 4.79 Å². The normalized spacial score (nSPS) is 15.3. The van der Waals surface area contributed by atoms with Gasteiger partial charge in [-0.1, -0.05) is 57.6 Å². The summed E-state index contributed by atoms with van der Waals surface area (Å²) in [5.41, 5.74) is 1.58. The van der Waals surface area contributed by atoms with Crippen LogP contribution in [0.4, 0.5) is 5.82 Å². The highest BCUT2D eigenvalue weighted by Gasteiger charge is 2.23. The Morgan fingerprint density at radius 2 is 1.88 bits per heavy atom. The number of aromatic hydroxyl groups is 1. The Labute approximate surface area is 203 Å². The second-order valence-electron chi connectivity index (χ2n) is 9.29. The van der Waals surface area contributed by atoms with Crippen LogP contribution in [-0.2, 0) is 4.79 Å². The molecule has 1 N–H and O–H groups in total. The van der Waals surface area contributed by atoms with E-state index < -0.39 is 0 Å². The predicted molar refractivity (Wildman–Crippen MR) is 140 cm³/mol. The first-order valence-corrected chi connectivity index (χ1v) is 12.4. The SMILES string of the molecule is C=C(/C=c1/nc(-c2ccccc2O)nc(N2CCN(C(=O)CCCC(C)C)CC2)/c1=C/C)CC. The van der Waals surface area contributed by atoms with E-state index in [9.17, 15) is 9.90 Å². The molecule has 3 rings (SSSR count). The highest BCUT2D eigenvalue weighted by atomic mass is 16.3. The number of amides is 1. The van der Waals surface area contributed by atoms with E-state index in [4.69, 9.17) is 9.97 Å². The molecule has 1 amide bonds. The number of phenolic OH excluding ortho intramolecular Hbond substituents is 1. The zero-order valence-electron chi connectivity index (χ0n) is 21.0. The molecule has 182 valence electrons. The van der Waals surface area contributed by atoms with Crippen LogP contribution in [0.3, 0.4) is 0 Å². The van der Waals surface area contributed by atoms with Crippen molar-refractivity contribution in [1.29, 1.82) is 0 Å². The van der Waals surface area contributed by atoms with Crippen molar-refractivity contribution in [2.45, 2.75) is 53.4 Å². The maximum absolute atomic E-state index is 12.7. The first kappa shape index (κ1) is 25.5. The Kier molecular flexibility index (Phi) is 8.85. The molecule has 0 bridgehead atoms. The molecule has 6 nitrogen and oxygen atoms in total. The molecule has 1 aliphatic heterocycles. The Hall–Kier alpha value is -3.15. The van der Waals surface area contributed by atoms with E-state index in [1.165, 1.54) is 0 Å². The summed E-state index contributed by atoms with van der Waals surface area (Å²) in [5, 5.41) is 12.2. The molecule has 1 aromatic carbocycles. The number of hydrogen-bond acceptors (Lipinski definition) is 5. The lowest BCUT2D eigenvalue weighted by Gasteiger charge is -2.36. The van der Waals surface area contributed by atoms with Crippen LogP contribution >= 0.6 is 0 Å². The number of allylic oxidation sites excluding steroid dienone is 1. The third kappa shape index (κ3) is 6.25. The first-order valence-electron chi connectivity index (χ1n) is 12.4. The lowest BCUT2D eigenvalue weighted by molar-refractivity contribution is -0.131. The molecule has 1 aromatic heterocycles. The largest absolute Gasteiger partial charge is 0.507 e. The van der Waals surface area contributed by atoms with Gasteiger partial charge in [-0.05, 0) is 43.9 Å². The van der Waals surface area contributed by atoms with Gasteiger partial charge in [-0.25, -0.2) is 9.97 Å². The number of hydrogen-bond donors (Lipinski definition) is 1. The molecule has 34 heavy (non-hydrogen) atoms. The van der Waals surface area contributed by atoms with Crippen molar-refractivity contribution in [3.63, 3.8) is 0 Å². The number of anilines is 1. The molecule has 6 heteroatoms. The molecular weight excluding hydrogens is 424 g/mol. The number of carbonyl (C=O) groups is 1. The monoisotopic (exact) mass is 462 g/mol. The number of piperazine rings is 1. The fourth-order valence-electron chi connectivity index (χ4n) is 4.17. The van der Waals surface area contributed by atoms with Crippen molar-refractivity contribution in [1.82, 2.24) is 14.9 Å². The fourth-order valence-corrected chi connectivity index (χ4v) is 4.17. The van der Waals surface area contributed by atoms with Gasteiger partial charge in [0.1, 0.15) is 11.6 Å². The number of rotatable bonds is 8. The van der Waals surface area contributed by atoms with Crippen LogP contribution in [-0.4, -0.2) is 52.1 Å².